The zero-order valence-corrected chi connectivity index (χ0v) is 16.4. The molecule has 4 atom stereocenters. The lowest BCUT2D eigenvalue weighted by Crippen LogP contribution is -2.37. The number of hydrogen-bond donors (Lipinski definition) is 0. The summed E-state index contributed by atoms with van der Waals surface area (Å²) in [5.41, 5.74) is 3.86. The highest BCUT2D eigenvalue weighted by molar-refractivity contribution is 5.88. The van der Waals surface area contributed by atoms with Crippen molar-refractivity contribution in [2.45, 2.75) is 71.3 Å². The molecule has 0 amide bonds. The SMILES string of the molecule is CCC(C)OC(=O)Oc1ccc2c(c1)CC=C1C2CCC2(C)C(=O)CCC12. The molecule has 27 heavy (non-hydrogen) atoms. The highest BCUT2D eigenvalue weighted by Crippen LogP contribution is 2.57. The first-order valence-corrected chi connectivity index (χ1v) is 10.2. The molecule has 144 valence electrons. The molecule has 1 aromatic carbocycles. The second-order valence-electron chi connectivity index (χ2n) is 8.48. The Kier molecular flexibility index (Phi) is 4.61. The van der Waals surface area contributed by atoms with Crippen molar-refractivity contribution in [3.63, 3.8) is 0 Å². The second kappa shape index (κ2) is 6.81. The van der Waals surface area contributed by atoms with Gasteiger partial charge in [-0.2, -0.15) is 0 Å². The molecule has 0 N–H and O–H groups in total. The molecule has 0 heterocycles. The van der Waals surface area contributed by atoms with Gasteiger partial charge in [-0.1, -0.05) is 31.6 Å². The van der Waals surface area contributed by atoms with Crippen molar-refractivity contribution in [1.29, 1.82) is 0 Å². The van der Waals surface area contributed by atoms with Crippen LogP contribution in [0.25, 0.3) is 0 Å². The van der Waals surface area contributed by atoms with Crippen LogP contribution in [0.4, 0.5) is 4.79 Å². The normalized spacial score (nSPS) is 29.9. The average molecular weight is 368 g/mol. The van der Waals surface area contributed by atoms with E-state index in [2.05, 4.69) is 19.1 Å². The third kappa shape index (κ3) is 3.09. The van der Waals surface area contributed by atoms with Crippen molar-refractivity contribution in [3.8, 4) is 5.75 Å². The van der Waals surface area contributed by atoms with Gasteiger partial charge in [0, 0.05) is 17.8 Å². The van der Waals surface area contributed by atoms with Crippen LogP contribution >= 0.6 is 0 Å². The second-order valence-corrected chi connectivity index (χ2v) is 8.48. The molecular weight excluding hydrogens is 340 g/mol. The number of ether oxygens (including phenoxy) is 2. The van der Waals surface area contributed by atoms with Crippen molar-refractivity contribution in [2.24, 2.45) is 11.3 Å². The molecule has 2 saturated carbocycles. The van der Waals surface area contributed by atoms with E-state index >= 15 is 0 Å². The zero-order valence-electron chi connectivity index (χ0n) is 16.4. The standard InChI is InChI=1S/C23H28O4/c1-4-14(2)26-22(25)27-16-6-8-17-15(13-16)5-7-19-18(17)11-12-23(3)20(19)9-10-21(23)24/h6-8,13-14,18,20H,4-5,9-12H2,1-3H3. The molecule has 0 spiro atoms. The lowest BCUT2D eigenvalue weighted by Gasteiger charge is -2.43. The molecule has 3 aliphatic carbocycles. The van der Waals surface area contributed by atoms with Crippen LogP contribution in [0.3, 0.4) is 0 Å². The number of allylic oxidation sites excluding steroid dienone is 2. The van der Waals surface area contributed by atoms with Gasteiger partial charge in [-0.25, -0.2) is 4.79 Å². The van der Waals surface area contributed by atoms with E-state index in [4.69, 9.17) is 9.47 Å². The summed E-state index contributed by atoms with van der Waals surface area (Å²) in [6.45, 7) is 5.98. The predicted octanol–water partition coefficient (Wildman–Crippen LogP) is 5.35. The predicted molar refractivity (Wildman–Crippen MR) is 103 cm³/mol. The van der Waals surface area contributed by atoms with Gasteiger partial charge in [0.05, 0.1) is 0 Å². The fraction of sp³-hybridized carbons (Fsp3) is 0.565. The molecular formula is C23H28O4. The van der Waals surface area contributed by atoms with Crippen LogP contribution in [-0.2, 0) is 16.0 Å². The Labute approximate surface area is 160 Å². The number of rotatable bonds is 3. The largest absolute Gasteiger partial charge is 0.514 e. The van der Waals surface area contributed by atoms with Crippen LogP contribution < -0.4 is 4.74 Å². The molecule has 4 rings (SSSR count). The van der Waals surface area contributed by atoms with Gasteiger partial charge in [-0.05, 0) is 68.2 Å². The van der Waals surface area contributed by atoms with Gasteiger partial charge >= 0.3 is 6.16 Å². The minimum atomic E-state index is -0.644. The number of carbonyl (C=O) groups excluding carboxylic acids is 2. The van der Waals surface area contributed by atoms with Crippen LogP contribution in [0, 0.1) is 11.3 Å². The fourth-order valence-electron chi connectivity index (χ4n) is 5.15. The molecule has 0 bridgehead atoms. The summed E-state index contributed by atoms with van der Waals surface area (Å²) in [5.74, 6) is 1.79. The van der Waals surface area contributed by atoms with E-state index in [0.29, 0.717) is 23.4 Å². The fourth-order valence-corrected chi connectivity index (χ4v) is 5.15. The highest BCUT2D eigenvalue weighted by Gasteiger charge is 2.52. The number of ketones is 1. The summed E-state index contributed by atoms with van der Waals surface area (Å²) in [4.78, 5) is 24.3. The van der Waals surface area contributed by atoms with Gasteiger partial charge in [0.15, 0.2) is 0 Å². The maximum Gasteiger partial charge on any atom is 0.514 e. The Balaban J connectivity index is 1.53. The number of carbonyl (C=O) groups is 2. The first-order valence-electron chi connectivity index (χ1n) is 10.2. The molecule has 4 heteroatoms. The maximum absolute atomic E-state index is 12.4. The molecule has 4 nitrogen and oxygen atoms in total. The van der Waals surface area contributed by atoms with Gasteiger partial charge in [-0.3, -0.25) is 4.79 Å². The van der Waals surface area contributed by atoms with Crippen molar-refractivity contribution >= 4 is 11.9 Å². The molecule has 0 aliphatic heterocycles. The molecule has 4 unspecified atom stereocenters. The van der Waals surface area contributed by atoms with Gasteiger partial charge in [-0.15, -0.1) is 0 Å². The van der Waals surface area contributed by atoms with Crippen molar-refractivity contribution in [2.75, 3.05) is 0 Å². The van der Waals surface area contributed by atoms with Gasteiger partial charge in [0.1, 0.15) is 17.6 Å². The highest BCUT2D eigenvalue weighted by atomic mass is 16.7. The van der Waals surface area contributed by atoms with E-state index in [1.165, 1.54) is 16.7 Å². The third-order valence-electron chi connectivity index (χ3n) is 6.94. The third-order valence-corrected chi connectivity index (χ3v) is 6.94. The summed E-state index contributed by atoms with van der Waals surface area (Å²) < 4.78 is 10.6. The lowest BCUT2D eigenvalue weighted by molar-refractivity contribution is -0.126. The number of benzene rings is 1. The quantitative estimate of drug-likeness (QED) is 0.410. The number of Topliss-reactive ketones (excluding diaryl/α,β-unsaturated/α-hetero) is 1. The van der Waals surface area contributed by atoms with Gasteiger partial charge in [0.2, 0.25) is 0 Å². The summed E-state index contributed by atoms with van der Waals surface area (Å²) in [7, 11) is 0. The first kappa shape index (κ1) is 18.3. The first-order chi connectivity index (χ1) is 12.9. The van der Waals surface area contributed by atoms with Crippen LogP contribution in [-0.4, -0.2) is 18.0 Å². The Morgan fingerprint density at radius 1 is 1.33 bits per heavy atom. The smallest absolute Gasteiger partial charge is 0.431 e. The topological polar surface area (TPSA) is 52.6 Å². The average Bonchev–Trinajstić information content (AvgIpc) is 2.96. The summed E-state index contributed by atoms with van der Waals surface area (Å²) in [6.07, 6.45) is 6.84. The van der Waals surface area contributed by atoms with Crippen molar-refractivity contribution in [1.82, 2.24) is 0 Å². The Morgan fingerprint density at radius 2 is 2.15 bits per heavy atom. The molecule has 1 aromatic rings. The maximum atomic E-state index is 12.4. The van der Waals surface area contributed by atoms with Gasteiger partial charge < -0.3 is 9.47 Å². The molecule has 0 saturated heterocycles. The van der Waals surface area contributed by atoms with E-state index in [0.717, 1.165) is 38.5 Å². The molecule has 0 aromatic heterocycles. The van der Waals surface area contributed by atoms with E-state index in [9.17, 15) is 9.59 Å². The van der Waals surface area contributed by atoms with E-state index in [-0.39, 0.29) is 11.5 Å². The molecule has 0 radical (unpaired) electrons. The van der Waals surface area contributed by atoms with Crippen molar-refractivity contribution < 1.29 is 19.1 Å². The zero-order chi connectivity index (χ0) is 19.2. The summed E-state index contributed by atoms with van der Waals surface area (Å²) in [5, 5.41) is 0. The summed E-state index contributed by atoms with van der Waals surface area (Å²) in [6, 6.07) is 5.93. The summed E-state index contributed by atoms with van der Waals surface area (Å²) >= 11 is 0. The van der Waals surface area contributed by atoms with Crippen LogP contribution in [0.1, 0.15) is 69.9 Å². The van der Waals surface area contributed by atoms with E-state index < -0.39 is 6.16 Å². The van der Waals surface area contributed by atoms with Crippen LogP contribution in [0.2, 0.25) is 0 Å². The Morgan fingerprint density at radius 3 is 2.93 bits per heavy atom. The number of hydrogen-bond acceptors (Lipinski definition) is 4. The van der Waals surface area contributed by atoms with E-state index in [1.54, 1.807) is 0 Å². The van der Waals surface area contributed by atoms with E-state index in [1.807, 2.05) is 26.0 Å². The van der Waals surface area contributed by atoms with Crippen molar-refractivity contribution in [3.05, 3.63) is 41.0 Å². The monoisotopic (exact) mass is 368 g/mol. The lowest BCUT2D eigenvalue weighted by atomic mass is 9.60. The van der Waals surface area contributed by atoms with Crippen LogP contribution in [0.5, 0.6) is 5.75 Å². The Hall–Kier alpha value is -2.10. The minimum Gasteiger partial charge on any atom is -0.431 e. The van der Waals surface area contributed by atoms with Gasteiger partial charge in [0.25, 0.3) is 0 Å². The molecule has 2 fully saturated rings. The minimum absolute atomic E-state index is 0.147. The number of fused-ring (bicyclic) bond motifs is 5. The molecule has 3 aliphatic rings. The Bertz CT molecular complexity index is 809. The van der Waals surface area contributed by atoms with Crippen LogP contribution in [0.15, 0.2) is 29.8 Å².